The van der Waals surface area contributed by atoms with Crippen LogP contribution >= 0.6 is 11.6 Å². The molecule has 1 aromatic carbocycles. The van der Waals surface area contributed by atoms with Crippen molar-refractivity contribution < 1.29 is 0 Å². The van der Waals surface area contributed by atoms with Crippen LogP contribution in [0.5, 0.6) is 0 Å². The van der Waals surface area contributed by atoms with Crippen LogP contribution in [-0.2, 0) is 0 Å². The zero-order valence-electron chi connectivity index (χ0n) is 12.0. The molecule has 2 rings (SSSR count). The number of benzene rings is 1. The van der Waals surface area contributed by atoms with E-state index in [9.17, 15) is 0 Å². The molecule has 0 bridgehead atoms. The quantitative estimate of drug-likeness (QED) is 0.740. The van der Waals surface area contributed by atoms with Crippen molar-refractivity contribution in [1.82, 2.24) is 5.32 Å². The highest BCUT2D eigenvalue weighted by atomic mass is 35.5. The Morgan fingerprint density at radius 3 is 2.74 bits per heavy atom. The zero-order chi connectivity index (χ0) is 13.5. The minimum Gasteiger partial charge on any atom is -0.310 e. The lowest BCUT2D eigenvalue weighted by Crippen LogP contribution is -2.24. The molecule has 1 unspecified atom stereocenters. The Bertz CT molecular complexity index is 371. The largest absolute Gasteiger partial charge is 0.310 e. The minimum absolute atomic E-state index is 0.447. The van der Waals surface area contributed by atoms with Crippen molar-refractivity contribution in [3.05, 3.63) is 34.9 Å². The van der Waals surface area contributed by atoms with E-state index in [0.717, 1.165) is 23.9 Å². The van der Waals surface area contributed by atoms with Gasteiger partial charge in [-0.05, 0) is 43.0 Å². The summed E-state index contributed by atoms with van der Waals surface area (Å²) >= 11 is 6.07. The Kier molecular flexibility index (Phi) is 6.19. The van der Waals surface area contributed by atoms with E-state index in [1.165, 1.54) is 44.1 Å². The highest BCUT2D eigenvalue weighted by molar-refractivity contribution is 6.30. The van der Waals surface area contributed by atoms with Gasteiger partial charge in [0.25, 0.3) is 0 Å². The molecule has 0 aliphatic heterocycles. The molecule has 1 N–H and O–H groups in total. The molecule has 0 spiro atoms. The minimum atomic E-state index is 0.447. The van der Waals surface area contributed by atoms with Crippen molar-refractivity contribution in [2.45, 2.75) is 57.9 Å². The maximum absolute atomic E-state index is 6.07. The van der Waals surface area contributed by atoms with Crippen molar-refractivity contribution in [3.8, 4) is 0 Å². The first-order chi connectivity index (χ1) is 9.29. The summed E-state index contributed by atoms with van der Waals surface area (Å²) in [5.74, 6) is 0.957. The lowest BCUT2D eigenvalue weighted by molar-refractivity contribution is 0.327. The van der Waals surface area contributed by atoms with E-state index in [1.54, 1.807) is 0 Å². The second-order valence-corrected chi connectivity index (χ2v) is 6.20. The molecule has 2 heteroatoms. The third-order valence-electron chi connectivity index (χ3n) is 4.33. The van der Waals surface area contributed by atoms with Crippen molar-refractivity contribution >= 4 is 11.6 Å². The summed E-state index contributed by atoms with van der Waals surface area (Å²) in [5.41, 5.74) is 1.32. The Balaban J connectivity index is 1.79. The third kappa shape index (κ3) is 4.81. The first-order valence-corrected chi connectivity index (χ1v) is 8.16. The molecule has 1 saturated carbocycles. The van der Waals surface area contributed by atoms with Crippen LogP contribution in [0.25, 0.3) is 0 Å². The third-order valence-corrected chi connectivity index (χ3v) is 4.56. The maximum atomic E-state index is 6.07. The lowest BCUT2D eigenvalue weighted by Gasteiger charge is -2.23. The van der Waals surface area contributed by atoms with Crippen LogP contribution in [0.3, 0.4) is 0 Å². The molecule has 19 heavy (non-hydrogen) atoms. The van der Waals surface area contributed by atoms with Crippen LogP contribution in [0.1, 0.15) is 63.5 Å². The van der Waals surface area contributed by atoms with E-state index in [4.69, 9.17) is 11.6 Å². The Morgan fingerprint density at radius 1 is 1.26 bits per heavy atom. The molecule has 1 aliphatic carbocycles. The number of hydrogen-bond acceptors (Lipinski definition) is 1. The molecule has 0 amide bonds. The fourth-order valence-corrected chi connectivity index (χ4v) is 3.36. The number of halogens is 1. The van der Waals surface area contributed by atoms with Gasteiger partial charge in [-0.2, -0.15) is 0 Å². The predicted molar refractivity (Wildman–Crippen MR) is 83.7 cm³/mol. The predicted octanol–water partition coefficient (Wildman–Crippen LogP) is 5.35. The molecule has 0 aromatic heterocycles. The van der Waals surface area contributed by atoms with E-state index < -0.39 is 0 Å². The monoisotopic (exact) mass is 279 g/mol. The van der Waals surface area contributed by atoms with Gasteiger partial charge in [0, 0.05) is 11.1 Å². The maximum Gasteiger partial charge on any atom is 0.0409 e. The van der Waals surface area contributed by atoms with E-state index in [-0.39, 0.29) is 0 Å². The SMILES string of the molecule is CCC(NCCC1CCCCC1)c1cccc(Cl)c1. The normalized spacial score (nSPS) is 18.4. The standard InChI is InChI=1S/C17H26ClN/c1-2-17(15-9-6-10-16(18)13-15)19-12-11-14-7-4-3-5-8-14/h6,9-10,13-14,17,19H,2-5,7-8,11-12H2,1H3. The summed E-state index contributed by atoms with van der Waals surface area (Å²) < 4.78 is 0. The first-order valence-electron chi connectivity index (χ1n) is 7.78. The van der Waals surface area contributed by atoms with Crippen LogP contribution in [0, 0.1) is 5.92 Å². The molecule has 106 valence electrons. The molecule has 1 fully saturated rings. The van der Waals surface area contributed by atoms with Gasteiger partial charge in [-0.1, -0.05) is 62.8 Å². The highest BCUT2D eigenvalue weighted by Crippen LogP contribution is 2.26. The molecular formula is C17H26ClN. The Hall–Kier alpha value is -0.530. The van der Waals surface area contributed by atoms with Crippen LogP contribution in [-0.4, -0.2) is 6.54 Å². The average Bonchev–Trinajstić information content (AvgIpc) is 2.45. The van der Waals surface area contributed by atoms with Crippen molar-refractivity contribution in [3.63, 3.8) is 0 Å². The van der Waals surface area contributed by atoms with E-state index in [2.05, 4.69) is 24.4 Å². The fraction of sp³-hybridized carbons (Fsp3) is 0.647. The van der Waals surface area contributed by atoms with Crippen molar-refractivity contribution in [2.75, 3.05) is 6.54 Å². The van der Waals surface area contributed by atoms with E-state index in [1.807, 2.05) is 12.1 Å². The molecule has 0 heterocycles. The Labute approximate surface area is 122 Å². The highest BCUT2D eigenvalue weighted by Gasteiger charge is 2.14. The summed E-state index contributed by atoms with van der Waals surface area (Å²) in [4.78, 5) is 0. The van der Waals surface area contributed by atoms with Crippen molar-refractivity contribution in [1.29, 1.82) is 0 Å². The van der Waals surface area contributed by atoms with Gasteiger partial charge in [0.05, 0.1) is 0 Å². The zero-order valence-corrected chi connectivity index (χ0v) is 12.8. The van der Waals surface area contributed by atoms with Gasteiger partial charge in [-0.25, -0.2) is 0 Å². The molecule has 1 aromatic rings. The topological polar surface area (TPSA) is 12.0 Å². The Morgan fingerprint density at radius 2 is 2.05 bits per heavy atom. The van der Waals surface area contributed by atoms with Gasteiger partial charge < -0.3 is 5.32 Å². The fourth-order valence-electron chi connectivity index (χ4n) is 3.16. The van der Waals surface area contributed by atoms with Crippen LogP contribution in [0.2, 0.25) is 5.02 Å². The van der Waals surface area contributed by atoms with E-state index in [0.29, 0.717) is 6.04 Å². The van der Waals surface area contributed by atoms with Gasteiger partial charge in [-0.15, -0.1) is 0 Å². The first kappa shape index (κ1) is 14.9. The van der Waals surface area contributed by atoms with Crippen LogP contribution in [0.4, 0.5) is 0 Å². The molecule has 0 saturated heterocycles. The average molecular weight is 280 g/mol. The molecular weight excluding hydrogens is 254 g/mol. The van der Waals surface area contributed by atoms with Gasteiger partial charge >= 0.3 is 0 Å². The van der Waals surface area contributed by atoms with Gasteiger partial charge in [0.2, 0.25) is 0 Å². The van der Waals surface area contributed by atoms with Gasteiger partial charge in [0.15, 0.2) is 0 Å². The molecule has 0 radical (unpaired) electrons. The summed E-state index contributed by atoms with van der Waals surface area (Å²) in [6.45, 7) is 3.37. The van der Waals surface area contributed by atoms with Gasteiger partial charge in [0.1, 0.15) is 0 Å². The molecule has 1 atom stereocenters. The number of nitrogens with one attached hydrogen (secondary N) is 1. The van der Waals surface area contributed by atoms with E-state index >= 15 is 0 Å². The summed E-state index contributed by atoms with van der Waals surface area (Å²) in [7, 11) is 0. The second kappa shape index (κ2) is 7.91. The molecule has 1 nitrogen and oxygen atoms in total. The smallest absolute Gasteiger partial charge is 0.0409 e. The van der Waals surface area contributed by atoms with Gasteiger partial charge in [-0.3, -0.25) is 0 Å². The summed E-state index contributed by atoms with van der Waals surface area (Å²) in [6.07, 6.45) is 9.66. The summed E-state index contributed by atoms with van der Waals surface area (Å²) in [6, 6.07) is 8.70. The second-order valence-electron chi connectivity index (χ2n) is 5.76. The lowest BCUT2D eigenvalue weighted by atomic mass is 9.87. The molecule has 1 aliphatic rings. The summed E-state index contributed by atoms with van der Waals surface area (Å²) in [5, 5.41) is 4.54. The number of rotatable bonds is 6. The van der Waals surface area contributed by atoms with Crippen LogP contribution in [0.15, 0.2) is 24.3 Å². The van der Waals surface area contributed by atoms with Crippen molar-refractivity contribution in [2.24, 2.45) is 5.92 Å². The number of hydrogen-bond donors (Lipinski definition) is 1. The van der Waals surface area contributed by atoms with Crippen LogP contribution < -0.4 is 5.32 Å².